The SMILES string of the molecule is CC(C)OC(=O)Nc1ccc2c(c1)oc1cc(S(=O)(=O)N[C@H](C(=O)O)C(C)C)ccc12. The summed E-state index contributed by atoms with van der Waals surface area (Å²) in [6.07, 6.45) is -0.858. The minimum atomic E-state index is -4.08. The van der Waals surface area contributed by atoms with E-state index in [4.69, 9.17) is 9.15 Å². The lowest BCUT2D eigenvalue weighted by Gasteiger charge is -2.17. The molecule has 0 fully saturated rings. The molecule has 3 rings (SSSR count). The summed E-state index contributed by atoms with van der Waals surface area (Å²) in [5, 5.41) is 13.3. The topological polar surface area (TPSA) is 135 Å². The molecule has 9 nitrogen and oxygen atoms in total. The van der Waals surface area contributed by atoms with Gasteiger partial charge in [-0.25, -0.2) is 13.2 Å². The normalized spacial score (nSPS) is 13.1. The highest BCUT2D eigenvalue weighted by molar-refractivity contribution is 7.89. The summed E-state index contributed by atoms with van der Waals surface area (Å²) in [5.74, 6) is -1.69. The molecule has 0 saturated carbocycles. The zero-order valence-corrected chi connectivity index (χ0v) is 18.3. The molecule has 0 saturated heterocycles. The molecule has 0 unspecified atom stereocenters. The first-order valence-electron chi connectivity index (χ1n) is 9.67. The largest absolute Gasteiger partial charge is 0.480 e. The molecule has 3 N–H and O–H groups in total. The van der Waals surface area contributed by atoms with Gasteiger partial charge in [-0.3, -0.25) is 10.1 Å². The van der Waals surface area contributed by atoms with E-state index in [1.807, 2.05) is 0 Å². The van der Waals surface area contributed by atoms with Crippen molar-refractivity contribution >= 4 is 49.7 Å². The van der Waals surface area contributed by atoms with E-state index >= 15 is 0 Å². The number of sulfonamides is 1. The van der Waals surface area contributed by atoms with Crippen molar-refractivity contribution in [1.82, 2.24) is 4.72 Å². The summed E-state index contributed by atoms with van der Waals surface area (Å²) in [4.78, 5) is 23.0. The molecule has 0 aliphatic heterocycles. The Morgan fingerprint density at radius 3 is 2.19 bits per heavy atom. The van der Waals surface area contributed by atoms with Crippen molar-refractivity contribution in [1.29, 1.82) is 0 Å². The third kappa shape index (κ3) is 4.97. The highest BCUT2D eigenvalue weighted by Gasteiger charge is 2.28. The maximum atomic E-state index is 12.7. The van der Waals surface area contributed by atoms with Gasteiger partial charge >= 0.3 is 12.1 Å². The predicted octanol–water partition coefficient (Wildman–Crippen LogP) is 3.93. The summed E-state index contributed by atoms with van der Waals surface area (Å²) in [6.45, 7) is 6.71. The fraction of sp³-hybridized carbons (Fsp3) is 0.333. The van der Waals surface area contributed by atoms with E-state index in [0.717, 1.165) is 5.39 Å². The molecule has 1 amide bonds. The minimum absolute atomic E-state index is 0.107. The molecule has 1 atom stereocenters. The summed E-state index contributed by atoms with van der Waals surface area (Å²) in [6, 6.07) is 8.13. The number of hydrogen-bond acceptors (Lipinski definition) is 6. The quantitative estimate of drug-likeness (QED) is 0.498. The second kappa shape index (κ2) is 8.56. The van der Waals surface area contributed by atoms with Crippen LogP contribution in [0.15, 0.2) is 45.7 Å². The molecule has 3 aromatic rings. The Morgan fingerprint density at radius 1 is 1.00 bits per heavy atom. The molecular formula is C21H24N2O7S. The maximum absolute atomic E-state index is 12.7. The van der Waals surface area contributed by atoms with Crippen LogP contribution in [0.2, 0.25) is 0 Å². The highest BCUT2D eigenvalue weighted by atomic mass is 32.2. The van der Waals surface area contributed by atoms with Crippen LogP contribution < -0.4 is 10.0 Å². The number of fused-ring (bicyclic) bond motifs is 3. The lowest BCUT2D eigenvalue weighted by atomic mass is 10.1. The van der Waals surface area contributed by atoms with Crippen LogP contribution in [-0.2, 0) is 19.6 Å². The first-order chi connectivity index (χ1) is 14.5. The van der Waals surface area contributed by atoms with Crippen molar-refractivity contribution in [3.05, 3.63) is 36.4 Å². The van der Waals surface area contributed by atoms with Gasteiger partial charge in [-0.05, 0) is 44.0 Å². The van der Waals surface area contributed by atoms with Crippen LogP contribution in [0.5, 0.6) is 0 Å². The molecule has 0 radical (unpaired) electrons. The number of rotatable bonds is 7. The Bertz CT molecular complexity index is 1250. The zero-order chi connectivity index (χ0) is 22.9. The van der Waals surface area contributed by atoms with Gasteiger partial charge in [-0.1, -0.05) is 13.8 Å². The third-order valence-corrected chi connectivity index (χ3v) is 6.00. The molecule has 0 aliphatic rings. The number of carbonyl (C=O) groups excluding carboxylic acids is 1. The Balaban J connectivity index is 1.94. The van der Waals surface area contributed by atoms with Crippen LogP contribution in [0.3, 0.4) is 0 Å². The van der Waals surface area contributed by atoms with E-state index in [1.54, 1.807) is 52.0 Å². The van der Waals surface area contributed by atoms with E-state index in [2.05, 4.69) is 10.0 Å². The number of carbonyl (C=O) groups is 2. The molecule has 31 heavy (non-hydrogen) atoms. The highest BCUT2D eigenvalue weighted by Crippen LogP contribution is 2.32. The number of hydrogen-bond donors (Lipinski definition) is 3. The number of amides is 1. The van der Waals surface area contributed by atoms with Gasteiger partial charge in [0.2, 0.25) is 10.0 Å². The Labute approximate surface area is 179 Å². The number of benzene rings is 2. The van der Waals surface area contributed by atoms with E-state index in [1.165, 1.54) is 12.1 Å². The number of ether oxygens (including phenoxy) is 1. The Kier molecular flexibility index (Phi) is 6.23. The molecular weight excluding hydrogens is 424 g/mol. The molecule has 0 aliphatic carbocycles. The van der Waals surface area contributed by atoms with Gasteiger partial charge < -0.3 is 14.3 Å². The summed E-state index contributed by atoms with van der Waals surface area (Å²) < 4.78 is 38.5. The lowest BCUT2D eigenvalue weighted by molar-refractivity contribution is -0.140. The van der Waals surface area contributed by atoms with Crippen LogP contribution in [-0.4, -0.2) is 37.7 Å². The lowest BCUT2D eigenvalue weighted by Crippen LogP contribution is -2.44. The predicted molar refractivity (Wildman–Crippen MR) is 116 cm³/mol. The second-order valence-corrected chi connectivity index (χ2v) is 9.45. The standard InChI is InChI=1S/C21H24N2O7S/c1-11(2)19(20(24)25)23-31(27,28)14-6-8-16-15-7-5-13(22-21(26)29-12(3)4)9-17(15)30-18(16)10-14/h5-12,19,23H,1-4H3,(H,22,26)(H,24,25)/t19-/m0/s1. The molecule has 1 heterocycles. The van der Waals surface area contributed by atoms with Gasteiger partial charge in [-0.2, -0.15) is 4.72 Å². The van der Waals surface area contributed by atoms with Gasteiger partial charge in [-0.15, -0.1) is 0 Å². The first kappa shape index (κ1) is 22.6. The number of anilines is 1. The Hall–Kier alpha value is -3.11. The zero-order valence-electron chi connectivity index (χ0n) is 17.5. The number of aliphatic carboxylic acids is 1. The average molecular weight is 448 g/mol. The number of nitrogens with one attached hydrogen (secondary N) is 2. The third-order valence-electron chi connectivity index (χ3n) is 4.56. The van der Waals surface area contributed by atoms with Gasteiger partial charge in [0.1, 0.15) is 17.2 Å². The van der Waals surface area contributed by atoms with Crippen molar-refractivity contribution in [3.8, 4) is 0 Å². The number of furan rings is 1. The molecule has 0 spiro atoms. The van der Waals surface area contributed by atoms with Gasteiger partial charge in [0, 0.05) is 28.6 Å². The summed E-state index contributed by atoms with van der Waals surface area (Å²) in [7, 11) is -4.08. The maximum Gasteiger partial charge on any atom is 0.411 e. The average Bonchev–Trinajstić information content (AvgIpc) is 3.01. The minimum Gasteiger partial charge on any atom is -0.480 e. The second-order valence-electron chi connectivity index (χ2n) is 7.73. The van der Waals surface area contributed by atoms with E-state index in [0.29, 0.717) is 22.2 Å². The van der Waals surface area contributed by atoms with Gasteiger partial charge in [0.05, 0.1) is 11.0 Å². The Morgan fingerprint density at radius 2 is 1.61 bits per heavy atom. The van der Waals surface area contributed by atoms with Crippen LogP contribution >= 0.6 is 0 Å². The van der Waals surface area contributed by atoms with E-state index < -0.39 is 34.0 Å². The summed E-state index contributed by atoms with van der Waals surface area (Å²) in [5.41, 5.74) is 1.23. The van der Waals surface area contributed by atoms with E-state index in [9.17, 15) is 23.1 Å². The molecule has 2 aromatic carbocycles. The van der Waals surface area contributed by atoms with Crippen LogP contribution in [0.4, 0.5) is 10.5 Å². The van der Waals surface area contributed by atoms with Crippen molar-refractivity contribution in [2.24, 2.45) is 5.92 Å². The van der Waals surface area contributed by atoms with Crippen molar-refractivity contribution < 1.29 is 32.3 Å². The van der Waals surface area contributed by atoms with Gasteiger partial charge in [0.25, 0.3) is 0 Å². The molecule has 10 heteroatoms. The van der Waals surface area contributed by atoms with Crippen LogP contribution in [0.1, 0.15) is 27.7 Å². The smallest absolute Gasteiger partial charge is 0.411 e. The van der Waals surface area contributed by atoms with Crippen molar-refractivity contribution in [3.63, 3.8) is 0 Å². The summed E-state index contributed by atoms with van der Waals surface area (Å²) >= 11 is 0. The van der Waals surface area contributed by atoms with Gasteiger partial charge in [0.15, 0.2) is 0 Å². The molecule has 0 bridgehead atoms. The van der Waals surface area contributed by atoms with E-state index in [-0.39, 0.29) is 11.0 Å². The fourth-order valence-electron chi connectivity index (χ4n) is 3.07. The number of carboxylic acid groups (broad SMARTS) is 1. The monoisotopic (exact) mass is 448 g/mol. The van der Waals surface area contributed by atoms with Crippen LogP contribution in [0.25, 0.3) is 21.9 Å². The number of carboxylic acids is 1. The first-order valence-corrected chi connectivity index (χ1v) is 11.2. The fourth-order valence-corrected chi connectivity index (χ4v) is 4.42. The van der Waals surface area contributed by atoms with Crippen molar-refractivity contribution in [2.45, 2.75) is 44.7 Å². The van der Waals surface area contributed by atoms with Crippen molar-refractivity contribution in [2.75, 3.05) is 5.32 Å². The molecule has 1 aromatic heterocycles. The molecule has 166 valence electrons. The van der Waals surface area contributed by atoms with Crippen LogP contribution in [0, 0.1) is 5.92 Å².